The Balaban J connectivity index is 1.61. The Bertz CT molecular complexity index is 1280. The lowest BCUT2D eigenvalue weighted by atomic mass is 9.95. The first kappa shape index (κ1) is 20.6. The molecule has 0 radical (unpaired) electrons. The van der Waals surface area contributed by atoms with Crippen LogP contribution >= 0.6 is 11.6 Å². The summed E-state index contributed by atoms with van der Waals surface area (Å²) in [7, 11) is 0. The average molecular weight is 449 g/mol. The van der Waals surface area contributed by atoms with Crippen molar-refractivity contribution in [3.05, 3.63) is 77.2 Å². The largest absolute Gasteiger partial charge is 0.348 e. The Labute approximate surface area is 190 Å². The van der Waals surface area contributed by atoms with E-state index in [-0.39, 0.29) is 23.5 Å². The molecule has 0 saturated heterocycles. The minimum absolute atomic E-state index is 0.153. The van der Waals surface area contributed by atoms with Crippen molar-refractivity contribution in [2.24, 2.45) is 0 Å². The van der Waals surface area contributed by atoms with Gasteiger partial charge in [0.1, 0.15) is 11.5 Å². The summed E-state index contributed by atoms with van der Waals surface area (Å²) < 4.78 is 16.3. The van der Waals surface area contributed by atoms with Crippen molar-refractivity contribution in [2.75, 3.05) is 0 Å². The predicted octanol–water partition coefficient (Wildman–Crippen LogP) is 5.92. The van der Waals surface area contributed by atoms with E-state index < -0.39 is 0 Å². The predicted molar refractivity (Wildman–Crippen MR) is 123 cm³/mol. The summed E-state index contributed by atoms with van der Waals surface area (Å²) in [4.78, 5) is 17.6. The summed E-state index contributed by atoms with van der Waals surface area (Å²) in [5.41, 5.74) is 3.08. The number of fused-ring (bicyclic) bond motifs is 1. The Morgan fingerprint density at radius 2 is 1.78 bits per heavy atom. The summed E-state index contributed by atoms with van der Waals surface area (Å²) in [6, 6.07) is 17.3. The lowest BCUT2D eigenvalue weighted by Gasteiger charge is -2.22. The highest BCUT2D eigenvalue weighted by Crippen LogP contribution is 2.28. The Hall–Kier alpha value is -3.25. The van der Waals surface area contributed by atoms with Crippen LogP contribution in [0, 0.1) is 5.82 Å². The molecule has 0 bridgehead atoms. The molecule has 32 heavy (non-hydrogen) atoms. The molecule has 1 aliphatic rings. The topological polar surface area (TPSA) is 59.3 Å². The number of rotatable bonds is 4. The van der Waals surface area contributed by atoms with E-state index in [1.165, 1.54) is 12.5 Å². The van der Waals surface area contributed by atoms with Crippen LogP contribution in [0.5, 0.6) is 0 Å². The molecular formula is C25H22ClFN4O. The van der Waals surface area contributed by atoms with Gasteiger partial charge in [-0.2, -0.15) is 5.10 Å². The van der Waals surface area contributed by atoms with Gasteiger partial charge in [0.2, 0.25) is 0 Å². The third-order valence-electron chi connectivity index (χ3n) is 5.89. The van der Waals surface area contributed by atoms with E-state index in [0.717, 1.165) is 31.2 Å². The highest BCUT2D eigenvalue weighted by Gasteiger charge is 2.21. The summed E-state index contributed by atoms with van der Waals surface area (Å²) in [6.45, 7) is 0. The van der Waals surface area contributed by atoms with Crippen LogP contribution in [0.3, 0.4) is 0 Å². The lowest BCUT2D eigenvalue weighted by molar-refractivity contribution is 0.0923. The normalized spacial score (nSPS) is 14.6. The third-order valence-corrected chi connectivity index (χ3v) is 6.14. The molecule has 0 aliphatic heterocycles. The van der Waals surface area contributed by atoms with E-state index in [4.69, 9.17) is 11.6 Å². The number of halogens is 2. The quantitative estimate of drug-likeness (QED) is 0.421. The maximum atomic E-state index is 14.7. The van der Waals surface area contributed by atoms with Gasteiger partial charge in [-0.25, -0.2) is 13.9 Å². The van der Waals surface area contributed by atoms with E-state index in [2.05, 4.69) is 15.4 Å². The fourth-order valence-electron chi connectivity index (χ4n) is 4.22. The van der Waals surface area contributed by atoms with Crippen LogP contribution in [0.1, 0.15) is 42.6 Å². The second-order valence-electron chi connectivity index (χ2n) is 8.12. The van der Waals surface area contributed by atoms with Crippen LogP contribution < -0.4 is 5.32 Å². The van der Waals surface area contributed by atoms with E-state index in [9.17, 15) is 9.18 Å². The van der Waals surface area contributed by atoms with Crippen molar-refractivity contribution in [1.29, 1.82) is 0 Å². The fourth-order valence-corrected chi connectivity index (χ4v) is 4.35. The van der Waals surface area contributed by atoms with Crippen LogP contribution in [-0.4, -0.2) is 26.5 Å². The molecule has 162 valence electrons. The molecule has 7 heteroatoms. The lowest BCUT2D eigenvalue weighted by Crippen LogP contribution is -2.36. The van der Waals surface area contributed by atoms with Gasteiger partial charge in [0, 0.05) is 28.3 Å². The van der Waals surface area contributed by atoms with Crippen LogP contribution in [-0.2, 0) is 0 Å². The summed E-state index contributed by atoms with van der Waals surface area (Å²) >= 11 is 6.01. The number of benzene rings is 2. The number of amides is 1. The van der Waals surface area contributed by atoms with Gasteiger partial charge >= 0.3 is 0 Å². The molecule has 1 N–H and O–H groups in total. The molecule has 0 spiro atoms. The van der Waals surface area contributed by atoms with Gasteiger partial charge < -0.3 is 5.32 Å². The molecule has 2 heterocycles. The van der Waals surface area contributed by atoms with Gasteiger partial charge in [-0.15, -0.1) is 0 Å². The molecule has 0 atom stereocenters. The van der Waals surface area contributed by atoms with E-state index in [0.29, 0.717) is 27.6 Å². The zero-order chi connectivity index (χ0) is 22.1. The van der Waals surface area contributed by atoms with Gasteiger partial charge in [-0.3, -0.25) is 4.79 Å². The number of hydrogen-bond acceptors (Lipinski definition) is 3. The van der Waals surface area contributed by atoms with Gasteiger partial charge in [0.25, 0.3) is 5.91 Å². The monoisotopic (exact) mass is 448 g/mol. The van der Waals surface area contributed by atoms with Gasteiger partial charge in [-0.1, -0.05) is 55.1 Å². The van der Waals surface area contributed by atoms with Crippen molar-refractivity contribution in [3.63, 3.8) is 0 Å². The molecule has 4 aromatic rings. The molecule has 2 aromatic carbocycles. The highest BCUT2D eigenvalue weighted by molar-refractivity contribution is 6.30. The smallest absolute Gasteiger partial charge is 0.270 e. The Kier molecular flexibility index (Phi) is 5.62. The van der Waals surface area contributed by atoms with E-state index >= 15 is 0 Å². The van der Waals surface area contributed by atoms with Crippen molar-refractivity contribution >= 4 is 23.2 Å². The van der Waals surface area contributed by atoms with Gasteiger partial charge in [-0.05, 0) is 43.2 Å². The minimum Gasteiger partial charge on any atom is -0.348 e. The highest BCUT2D eigenvalue weighted by atomic mass is 35.5. The fraction of sp³-hybridized carbons (Fsp3) is 0.240. The molecule has 1 aliphatic carbocycles. The van der Waals surface area contributed by atoms with Crippen LogP contribution in [0.4, 0.5) is 4.39 Å². The van der Waals surface area contributed by atoms with Crippen LogP contribution in [0.25, 0.3) is 28.2 Å². The first-order valence-corrected chi connectivity index (χ1v) is 11.2. The zero-order valence-corrected chi connectivity index (χ0v) is 18.1. The van der Waals surface area contributed by atoms with Crippen molar-refractivity contribution < 1.29 is 9.18 Å². The van der Waals surface area contributed by atoms with Crippen LogP contribution in [0.2, 0.25) is 5.02 Å². The second-order valence-corrected chi connectivity index (χ2v) is 8.56. The Morgan fingerprint density at radius 1 is 1.03 bits per heavy atom. The van der Waals surface area contributed by atoms with E-state index in [1.54, 1.807) is 47.0 Å². The molecular weight excluding hydrogens is 427 g/mol. The SMILES string of the molecule is O=C(NC1CCCCC1)c1cc(-c2ccccc2F)n2nc(-c3ccc(Cl)cc3)cc2n1. The number of aromatic nitrogens is 3. The standard InChI is InChI=1S/C25H22ClFN4O/c26-17-12-10-16(11-13-17)21-15-24-29-22(25(32)28-18-6-2-1-3-7-18)14-23(31(24)30-21)19-8-4-5-9-20(19)27/h4-5,8-15,18H,1-3,6-7H2,(H,28,32). The molecule has 1 amide bonds. The van der Waals surface area contributed by atoms with Crippen LogP contribution in [0.15, 0.2) is 60.7 Å². The number of carbonyl (C=O) groups is 1. The Morgan fingerprint density at radius 3 is 2.53 bits per heavy atom. The molecule has 1 fully saturated rings. The maximum absolute atomic E-state index is 14.7. The first-order chi connectivity index (χ1) is 15.6. The summed E-state index contributed by atoms with van der Waals surface area (Å²) in [5.74, 6) is -0.631. The second kappa shape index (κ2) is 8.71. The number of nitrogens with one attached hydrogen (secondary N) is 1. The molecule has 2 aromatic heterocycles. The first-order valence-electron chi connectivity index (χ1n) is 10.8. The molecule has 5 rings (SSSR count). The number of nitrogens with zero attached hydrogens (tertiary/aromatic N) is 3. The average Bonchev–Trinajstić information content (AvgIpc) is 3.24. The third kappa shape index (κ3) is 4.10. The summed E-state index contributed by atoms with van der Waals surface area (Å²) in [5, 5.41) is 8.39. The minimum atomic E-state index is -0.387. The van der Waals surface area contributed by atoms with Crippen molar-refractivity contribution in [2.45, 2.75) is 38.1 Å². The molecule has 5 nitrogen and oxygen atoms in total. The summed E-state index contributed by atoms with van der Waals surface area (Å²) in [6.07, 6.45) is 5.39. The maximum Gasteiger partial charge on any atom is 0.270 e. The molecule has 1 saturated carbocycles. The van der Waals surface area contributed by atoms with Gasteiger partial charge in [0.05, 0.1) is 11.4 Å². The zero-order valence-electron chi connectivity index (χ0n) is 17.4. The number of hydrogen-bond donors (Lipinski definition) is 1. The van der Waals surface area contributed by atoms with Gasteiger partial charge in [0.15, 0.2) is 5.65 Å². The van der Waals surface area contributed by atoms with E-state index in [1.807, 2.05) is 12.1 Å². The number of carbonyl (C=O) groups excluding carboxylic acids is 1. The van der Waals surface area contributed by atoms with Crippen molar-refractivity contribution in [3.8, 4) is 22.5 Å². The van der Waals surface area contributed by atoms with Crippen molar-refractivity contribution in [1.82, 2.24) is 19.9 Å². The molecule has 0 unspecified atom stereocenters.